The van der Waals surface area contributed by atoms with E-state index in [1.54, 1.807) is 0 Å². The number of rotatable bonds is 5. The molecule has 0 unspecified atom stereocenters. The van der Waals surface area contributed by atoms with Crippen LogP contribution < -0.4 is 5.32 Å². The average Bonchev–Trinajstić information content (AvgIpc) is 2.43. The minimum absolute atomic E-state index is 0.594. The van der Waals surface area contributed by atoms with Crippen molar-refractivity contribution in [2.24, 2.45) is 0 Å². The Morgan fingerprint density at radius 1 is 1.05 bits per heavy atom. The number of hydrogen-bond donors (Lipinski definition) is 1. The van der Waals surface area contributed by atoms with Crippen molar-refractivity contribution in [2.45, 2.75) is 43.0 Å². The molecule has 0 aliphatic carbocycles. The van der Waals surface area contributed by atoms with E-state index >= 15 is 0 Å². The summed E-state index contributed by atoms with van der Waals surface area (Å²) in [5.41, 5.74) is 4.08. The van der Waals surface area contributed by atoms with Gasteiger partial charge in [0.25, 0.3) is 0 Å². The van der Waals surface area contributed by atoms with Crippen molar-refractivity contribution in [1.82, 2.24) is 5.32 Å². The maximum atomic E-state index is 3.19. The highest BCUT2D eigenvalue weighted by molar-refractivity contribution is 7.99. The number of benzene rings is 2. The lowest BCUT2D eigenvalue weighted by molar-refractivity contribution is 0.815. The van der Waals surface area contributed by atoms with Crippen molar-refractivity contribution < 1.29 is 0 Å². The Morgan fingerprint density at radius 3 is 2.30 bits per heavy atom. The molecule has 0 atom stereocenters. The molecule has 0 bridgehead atoms. The first-order valence-electron chi connectivity index (χ1n) is 7.12. The molecule has 0 spiro atoms. The number of hydrogen-bond acceptors (Lipinski definition) is 2. The van der Waals surface area contributed by atoms with Gasteiger partial charge < -0.3 is 5.32 Å². The molecular formula is C18H23NS. The van der Waals surface area contributed by atoms with Crippen LogP contribution in [0.15, 0.2) is 52.3 Å². The first-order valence-corrected chi connectivity index (χ1v) is 7.93. The second-order valence-electron chi connectivity index (χ2n) is 5.46. The molecule has 2 aromatic carbocycles. The third-order valence-electron chi connectivity index (χ3n) is 3.39. The Balaban J connectivity index is 2.13. The van der Waals surface area contributed by atoms with Crippen LogP contribution in [-0.2, 0) is 6.54 Å². The SMILES string of the molecule is CNCc1ccc(Sc2ccc(C(C)C)cc2)c(C)c1. The molecule has 0 heterocycles. The molecule has 0 aromatic heterocycles. The number of aryl methyl sites for hydroxylation is 1. The third-order valence-corrected chi connectivity index (χ3v) is 4.58. The molecular weight excluding hydrogens is 262 g/mol. The predicted octanol–water partition coefficient (Wildman–Crippen LogP) is 4.99. The van der Waals surface area contributed by atoms with E-state index in [4.69, 9.17) is 0 Å². The van der Waals surface area contributed by atoms with Crippen molar-refractivity contribution in [1.29, 1.82) is 0 Å². The van der Waals surface area contributed by atoms with Crippen LogP contribution in [0, 0.1) is 6.92 Å². The minimum Gasteiger partial charge on any atom is -0.316 e. The summed E-state index contributed by atoms with van der Waals surface area (Å²) in [6, 6.07) is 15.6. The Labute approximate surface area is 126 Å². The van der Waals surface area contributed by atoms with Crippen LogP contribution >= 0.6 is 11.8 Å². The Kier molecular flexibility index (Phi) is 5.27. The summed E-state index contributed by atoms with van der Waals surface area (Å²) in [6.45, 7) is 7.57. The molecule has 1 N–H and O–H groups in total. The first kappa shape index (κ1) is 15.1. The van der Waals surface area contributed by atoms with Gasteiger partial charge in [-0.05, 0) is 54.8 Å². The average molecular weight is 285 g/mol. The van der Waals surface area contributed by atoms with Gasteiger partial charge in [-0.15, -0.1) is 0 Å². The maximum absolute atomic E-state index is 3.19. The standard InChI is InChI=1S/C18H23NS/c1-13(2)16-6-8-17(9-7-16)20-18-10-5-15(12-19-4)11-14(18)3/h5-11,13,19H,12H2,1-4H3. The highest BCUT2D eigenvalue weighted by atomic mass is 32.2. The van der Waals surface area contributed by atoms with Crippen LogP contribution in [0.4, 0.5) is 0 Å². The molecule has 2 rings (SSSR count). The fraction of sp³-hybridized carbons (Fsp3) is 0.333. The van der Waals surface area contributed by atoms with E-state index in [1.165, 1.54) is 26.5 Å². The van der Waals surface area contributed by atoms with Crippen LogP contribution in [0.1, 0.15) is 36.5 Å². The van der Waals surface area contributed by atoms with Crippen molar-refractivity contribution in [3.8, 4) is 0 Å². The maximum Gasteiger partial charge on any atom is 0.0202 e. The van der Waals surface area contributed by atoms with Gasteiger partial charge in [-0.3, -0.25) is 0 Å². The van der Waals surface area contributed by atoms with E-state index in [0.29, 0.717) is 5.92 Å². The zero-order valence-electron chi connectivity index (χ0n) is 12.7. The molecule has 106 valence electrons. The summed E-state index contributed by atoms with van der Waals surface area (Å²) in [5, 5.41) is 3.19. The van der Waals surface area contributed by atoms with Crippen LogP contribution in [-0.4, -0.2) is 7.05 Å². The van der Waals surface area contributed by atoms with Crippen molar-refractivity contribution in [3.05, 3.63) is 59.2 Å². The highest BCUT2D eigenvalue weighted by Crippen LogP contribution is 2.31. The van der Waals surface area contributed by atoms with Crippen molar-refractivity contribution in [3.63, 3.8) is 0 Å². The zero-order valence-corrected chi connectivity index (χ0v) is 13.6. The molecule has 2 heteroatoms. The van der Waals surface area contributed by atoms with Gasteiger partial charge in [-0.25, -0.2) is 0 Å². The molecule has 2 aromatic rings. The summed E-state index contributed by atoms with van der Waals surface area (Å²) in [5.74, 6) is 0.594. The summed E-state index contributed by atoms with van der Waals surface area (Å²) < 4.78 is 0. The van der Waals surface area contributed by atoms with Crippen molar-refractivity contribution >= 4 is 11.8 Å². The van der Waals surface area contributed by atoms with Crippen LogP contribution in [0.25, 0.3) is 0 Å². The largest absolute Gasteiger partial charge is 0.316 e. The van der Waals surface area contributed by atoms with Gasteiger partial charge >= 0.3 is 0 Å². The summed E-state index contributed by atoms with van der Waals surface area (Å²) in [6.07, 6.45) is 0. The summed E-state index contributed by atoms with van der Waals surface area (Å²) >= 11 is 1.84. The lowest BCUT2D eigenvalue weighted by Gasteiger charge is -2.10. The summed E-state index contributed by atoms with van der Waals surface area (Å²) in [7, 11) is 1.98. The van der Waals surface area contributed by atoms with Crippen LogP contribution in [0.3, 0.4) is 0 Å². The first-order chi connectivity index (χ1) is 9.60. The van der Waals surface area contributed by atoms with Gasteiger partial charge in [0.1, 0.15) is 0 Å². The lowest BCUT2D eigenvalue weighted by atomic mass is 10.0. The highest BCUT2D eigenvalue weighted by Gasteiger charge is 2.04. The lowest BCUT2D eigenvalue weighted by Crippen LogP contribution is -2.05. The Hall–Kier alpha value is -1.25. The second-order valence-corrected chi connectivity index (χ2v) is 6.57. The van der Waals surface area contributed by atoms with Gasteiger partial charge in [0.2, 0.25) is 0 Å². The van der Waals surface area contributed by atoms with Gasteiger partial charge in [0, 0.05) is 16.3 Å². The normalized spacial score (nSPS) is 11.1. The molecule has 1 nitrogen and oxygen atoms in total. The van der Waals surface area contributed by atoms with E-state index in [9.17, 15) is 0 Å². The zero-order chi connectivity index (χ0) is 14.5. The quantitative estimate of drug-likeness (QED) is 0.830. The van der Waals surface area contributed by atoms with Gasteiger partial charge in [-0.2, -0.15) is 0 Å². The predicted molar refractivity (Wildman–Crippen MR) is 88.6 cm³/mol. The number of nitrogens with one attached hydrogen (secondary N) is 1. The molecule has 20 heavy (non-hydrogen) atoms. The van der Waals surface area contributed by atoms with Gasteiger partial charge in [0.05, 0.1) is 0 Å². The summed E-state index contributed by atoms with van der Waals surface area (Å²) in [4.78, 5) is 2.64. The second kappa shape index (κ2) is 6.96. The molecule has 0 saturated carbocycles. The molecule has 0 aliphatic rings. The third kappa shape index (κ3) is 3.87. The topological polar surface area (TPSA) is 12.0 Å². The molecule has 0 fully saturated rings. The molecule has 0 radical (unpaired) electrons. The van der Waals surface area contributed by atoms with Crippen molar-refractivity contribution in [2.75, 3.05) is 7.05 Å². The fourth-order valence-electron chi connectivity index (χ4n) is 2.19. The van der Waals surface area contributed by atoms with Gasteiger partial charge in [-0.1, -0.05) is 49.9 Å². The van der Waals surface area contributed by atoms with E-state index in [-0.39, 0.29) is 0 Å². The van der Waals surface area contributed by atoms with E-state index < -0.39 is 0 Å². The molecule has 0 amide bonds. The van der Waals surface area contributed by atoms with Gasteiger partial charge in [0.15, 0.2) is 0 Å². The fourth-order valence-corrected chi connectivity index (χ4v) is 3.07. The Morgan fingerprint density at radius 2 is 1.75 bits per heavy atom. The Bertz CT molecular complexity index is 558. The smallest absolute Gasteiger partial charge is 0.0202 e. The molecule has 0 aliphatic heterocycles. The minimum atomic E-state index is 0.594. The van der Waals surface area contributed by atoms with E-state index in [2.05, 4.69) is 68.6 Å². The van der Waals surface area contributed by atoms with Crippen LogP contribution in [0.5, 0.6) is 0 Å². The van der Waals surface area contributed by atoms with Crippen LogP contribution in [0.2, 0.25) is 0 Å². The molecule has 0 saturated heterocycles. The van der Waals surface area contributed by atoms with E-state index in [1.807, 2.05) is 18.8 Å². The van der Waals surface area contributed by atoms with E-state index in [0.717, 1.165) is 6.54 Å². The monoisotopic (exact) mass is 285 g/mol.